The number of aromatic nitrogens is 1. The molecule has 4 nitrogen and oxygen atoms in total. The molecule has 0 saturated heterocycles. The van der Waals surface area contributed by atoms with Gasteiger partial charge in [-0.25, -0.2) is 0 Å². The molecule has 1 heterocycles. The van der Waals surface area contributed by atoms with Gasteiger partial charge in [-0.05, 0) is 42.8 Å². The molecular weight excluding hydrogens is 450 g/mol. The third-order valence-corrected chi connectivity index (χ3v) is 6.05. The summed E-state index contributed by atoms with van der Waals surface area (Å²) in [6.45, 7) is 3.20. The second-order valence-corrected chi connectivity index (χ2v) is 8.79. The van der Waals surface area contributed by atoms with Gasteiger partial charge in [0, 0.05) is 56.9 Å². The van der Waals surface area contributed by atoms with E-state index in [4.69, 9.17) is 0 Å². The lowest BCUT2D eigenvalue weighted by atomic mass is 10.1. The molecule has 0 spiro atoms. The van der Waals surface area contributed by atoms with E-state index in [0.29, 0.717) is 0 Å². The average molecular weight is 489 g/mol. The Hall–Kier alpha value is -2.01. The molecule has 0 aliphatic carbocycles. The monoisotopic (exact) mass is 487 g/mol. The van der Waals surface area contributed by atoms with Crippen LogP contribution in [0.5, 0.6) is 0 Å². The van der Waals surface area contributed by atoms with Crippen molar-refractivity contribution in [3.05, 3.63) is 46.6 Å². The zero-order valence-electron chi connectivity index (χ0n) is 19.8. The maximum atomic E-state index is 13.2. The maximum absolute atomic E-state index is 13.2. The van der Waals surface area contributed by atoms with Crippen LogP contribution in [0.1, 0.15) is 51.9 Å². The minimum absolute atomic E-state index is 0. The first kappa shape index (κ1) is 25.3. The fraction of sp³-hybridized carbons (Fsp3) is 0.500. The van der Waals surface area contributed by atoms with Gasteiger partial charge in [0.1, 0.15) is 0 Å². The van der Waals surface area contributed by atoms with E-state index in [9.17, 15) is 4.79 Å². The molecule has 5 heteroatoms. The number of hydrogen-bond acceptors (Lipinski definition) is 3. The van der Waals surface area contributed by atoms with Gasteiger partial charge in [0.05, 0.1) is 11.0 Å². The predicted octanol–water partition coefficient (Wildman–Crippen LogP) is 6.62. The quantitative estimate of drug-likeness (QED) is 0.237. The van der Waals surface area contributed by atoms with Gasteiger partial charge in [0.25, 0.3) is 0 Å². The lowest BCUT2D eigenvalue weighted by Crippen LogP contribution is -2.15. The van der Waals surface area contributed by atoms with Crippen molar-refractivity contribution >= 4 is 50.2 Å². The molecule has 170 valence electrons. The van der Waals surface area contributed by atoms with E-state index in [1.165, 1.54) is 38.5 Å². The number of halogens is 1. The zero-order valence-corrected chi connectivity index (χ0v) is 21.5. The minimum Gasteiger partial charge on any atom is -0.378 e. The van der Waals surface area contributed by atoms with E-state index < -0.39 is 0 Å². The molecule has 3 aromatic rings. The smallest absolute Gasteiger partial charge is 0.197 e. The Labute approximate surface area is 197 Å². The van der Waals surface area contributed by atoms with Gasteiger partial charge >= 0.3 is 0 Å². The SMILES string of the molecule is Br.CCCCCCCCCn1c2cc(N(C)C)ccc2c(=O)c2ccc(N(C)C)cc21. The first-order valence-electron chi connectivity index (χ1n) is 11.4. The van der Waals surface area contributed by atoms with Crippen LogP contribution >= 0.6 is 17.0 Å². The molecule has 0 amide bonds. The molecule has 0 atom stereocenters. The minimum atomic E-state index is 0. The number of benzene rings is 2. The summed E-state index contributed by atoms with van der Waals surface area (Å²) in [7, 11) is 8.19. The fourth-order valence-electron chi connectivity index (χ4n) is 4.17. The lowest BCUT2D eigenvalue weighted by Gasteiger charge is -2.20. The highest BCUT2D eigenvalue weighted by Gasteiger charge is 2.13. The number of hydrogen-bond donors (Lipinski definition) is 0. The van der Waals surface area contributed by atoms with Gasteiger partial charge in [-0.3, -0.25) is 4.79 Å². The second kappa shape index (κ2) is 11.6. The topological polar surface area (TPSA) is 28.5 Å². The Kier molecular flexibility index (Phi) is 9.42. The van der Waals surface area contributed by atoms with Crippen molar-refractivity contribution in [1.29, 1.82) is 0 Å². The van der Waals surface area contributed by atoms with Gasteiger partial charge in [-0.15, -0.1) is 17.0 Å². The summed E-state index contributed by atoms with van der Waals surface area (Å²) in [4.78, 5) is 17.4. The molecule has 0 unspecified atom stereocenters. The molecular formula is C26H38BrN3O. The van der Waals surface area contributed by atoms with Crippen molar-refractivity contribution in [3.8, 4) is 0 Å². The summed E-state index contributed by atoms with van der Waals surface area (Å²) < 4.78 is 2.37. The Bertz CT molecular complexity index is 984. The van der Waals surface area contributed by atoms with Crippen LogP contribution < -0.4 is 15.2 Å². The summed E-state index contributed by atoms with van der Waals surface area (Å²) in [6, 6.07) is 12.4. The molecule has 1 aromatic heterocycles. The third-order valence-electron chi connectivity index (χ3n) is 6.05. The van der Waals surface area contributed by atoms with Crippen LogP contribution in [0.25, 0.3) is 21.8 Å². The van der Waals surface area contributed by atoms with Gasteiger partial charge in [0.2, 0.25) is 0 Å². The van der Waals surface area contributed by atoms with E-state index in [0.717, 1.165) is 46.1 Å². The maximum Gasteiger partial charge on any atom is 0.197 e. The Balaban J connectivity index is 0.00000341. The van der Waals surface area contributed by atoms with E-state index in [2.05, 4.69) is 33.4 Å². The number of fused-ring (bicyclic) bond motifs is 2. The van der Waals surface area contributed by atoms with Crippen molar-refractivity contribution in [3.63, 3.8) is 0 Å². The first-order chi connectivity index (χ1) is 14.4. The normalized spacial score (nSPS) is 11.0. The highest BCUT2D eigenvalue weighted by atomic mass is 79.9. The van der Waals surface area contributed by atoms with E-state index in [1.807, 2.05) is 52.5 Å². The zero-order chi connectivity index (χ0) is 21.7. The van der Waals surface area contributed by atoms with Gasteiger partial charge < -0.3 is 14.4 Å². The average Bonchev–Trinajstić information content (AvgIpc) is 2.74. The van der Waals surface area contributed by atoms with Crippen LogP contribution in [0, 0.1) is 0 Å². The highest BCUT2D eigenvalue weighted by Crippen LogP contribution is 2.27. The van der Waals surface area contributed by atoms with Crippen LogP contribution in [0.15, 0.2) is 41.2 Å². The highest BCUT2D eigenvalue weighted by molar-refractivity contribution is 8.93. The van der Waals surface area contributed by atoms with Crippen molar-refractivity contribution < 1.29 is 0 Å². The summed E-state index contributed by atoms with van der Waals surface area (Å²) in [5.74, 6) is 0. The molecule has 2 aromatic carbocycles. The van der Waals surface area contributed by atoms with Crippen LogP contribution in [-0.4, -0.2) is 32.8 Å². The number of pyridine rings is 1. The van der Waals surface area contributed by atoms with E-state index in [1.54, 1.807) is 0 Å². The lowest BCUT2D eigenvalue weighted by molar-refractivity contribution is 0.560. The van der Waals surface area contributed by atoms with Crippen LogP contribution in [0.3, 0.4) is 0 Å². The van der Waals surface area contributed by atoms with Crippen molar-refractivity contribution in [2.24, 2.45) is 0 Å². The van der Waals surface area contributed by atoms with Crippen molar-refractivity contribution in [2.45, 2.75) is 58.4 Å². The number of unbranched alkanes of at least 4 members (excludes halogenated alkanes) is 6. The van der Waals surface area contributed by atoms with Crippen LogP contribution in [0.2, 0.25) is 0 Å². The third kappa shape index (κ3) is 5.82. The molecule has 0 bridgehead atoms. The molecule has 0 N–H and O–H groups in total. The second-order valence-electron chi connectivity index (χ2n) is 8.79. The van der Waals surface area contributed by atoms with Crippen LogP contribution in [0.4, 0.5) is 11.4 Å². The van der Waals surface area contributed by atoms with Crippen LogP contribution in [-0.2, 0) is 6.54 Å². The Morgan fingerprint density at radius 1 is 0.710 bits per heavy atom. The van der Waals surface area contributed by atoms with Gasteiger partial charge in [-0.1, -0.05) is 45.4 Å². The molecule has 0 aliphatic rings. The van der Waals surface area contributed by atoms with Crippen molar-refractivity contribution in [2.75, 3.05) is 38.0 Å². The Morgan fingerprint density at radius 2 is 1.16 bits per heavy atom. The van der Waals surface area contributed by atoms with Gasteiger partial charge in [-0.2, -0.15) is 0 Å². The van der Waals surface area contributed by atoms with E-state index in [-0.39, 0.29) is 22.4 Å². The summed E-state index contributed by atoms with van der Waals surface area (Å²) in [5.41, 5.74) is 4.46. The van der Waals surface area contributed by atoms with Crippen molar-refractivity contribution in [1.82, 2.24) is 4.57 Å². The standard InChI is InChI=1S/C26H37N3O.BrH/c1-6-7-8-9-10-11-12-17-29-24-18-20(27(2)3)13-15-22(24)26(30)23-16-14-21(28(4)5)19-25(23)29;/h13-16,18-19H,6-12,17H2,1-5H3;1H. The number of anilines is 2. The number of rotatable bonds is 10. The Morgan fingerprint density at radius 3 is 1.61 bits per heavy atom. The molecule has 0 fully saturated rings. The molecule has 0 saturated carbocycles. The molecule has 31 heavy (non-hydrogen) atoms. The van der Waals surface area contributed by atoms with Gasteiger partial charge in [0.15, 0.2) is 5.43 Å². The molecule has 0 radical (unpaired) electrons. The summed E-state index contributed by atoms with van der Waals surface area (Å²) in [6.07, 6.45) is 8.97. The van der Waals surface area contributed by atoms with E-state index >= 15 is 0 Å². The summed E-state index contributed by atoms with van der Waals surface area (Å²) in [5, 5.41) is 1.63. The predicted molar refractivity (Wildman–Crippen MR) is 143 cm³/mol. The number of nitrogens with zero attached hydrogens (tertiary/aromatic N) is 3. The summed E-state index contributed by atoms with van der Waals surface area (Å²) >= 11 is 0. The molecule has 3 rings (SSSR count). The largest absolute Gasteiger partial charge is 0.378 e. The molecule has 0 aliphatic heterocycles. The first-order valence-corrected chi connectivity index (χ1v) is 11.4. The fourth-order valence-corrected chi connectivity index (χ4v) is 4.17. The number of aryl methyl sites for hydroxylation is 1.